The van der Waals surface area contributed by atoms with Gasteiger partial charge in [0.25, 0.3) is 0 Å². The van der Waals surface area contributed by atoms with Crippen LogP contribution in [-0.4, -0.2) is 63.7 Å². The fourth-order valence-electron chi connectivity index (χ4n) is 3.97. The van der Waals surface area contributed by atoms with Crippen molar-refractivity contribution < 1.29 is 19.1 Å². The fraction of sp³-hybridized carbons (Fsp3) is 0.619. The first kappa shape index (κ1) is 20.5. The summed E-state index contributed by atoms with van der Waals surface area (Å²) < 4.78 is 10.6. The summed E-state index contributed by atoms with van der Waals surface area (Å²) in [6.45, 7) is 3.92. The normalized spacial score (nSPS) is 21.8. The van der Waals surface area contributed by atoms with Crippen LogP contribution in [0.1, 0.15) is 24.8 Å². The van der Waals surface area contributed by atoms with Crippen molar-refractivity contribution in [2.75, 3.05) is 46.9 Å². The number of likely N-dealkylation sites (tertiary alicyclic amines) is 1. The molecule has 7 nitrogen and oxygen atoms in total. The molecule has 1 aromatic rings. The minimum Gasteiger partial charge on any atom is -0.493 e. The van der Waals surface area contributed by atoms with E-state index in [2.05, 4.69) is 10.6 Å². The third-order valence-corrected chi connectivity index (χ3v) is 5.72. The van der Waals surface area contributed by atoms with E-state index in [1.807, 2.05) is 18.2 Å². The summed E-state index contributed by atoms with van der Waals surface area (Å²) in [7, 11) is 3.22. The summed E-state index contributed by atoms with van der Waals surface area (Å²) in [6, 6.07) is 5.78. The molecule has 0 saturated carbocycles. The lowest BCUT2D eigenvalue weighted by Crippen LogP contribution is -2.34. The quantitative estimate of drug-likeness (QED) is 0.664. The van der Waals surface area contributed by atoms with Crippen LogP contribution in [0.5, 0.6) is 11.5 Å². The van der Waals surface area contributed by atoms with Gasteiger partial charge in [-0.15, -0.1) is 0 Å². The number of carbonyl (C=O) groups is 2. The first-order chi connectivity index (χ1) is 13.6. The van der Waals surface area contributed by atoms with Crippen molar-refractivity contribution in [1.29, 1.82) is 0 Å². The monoisotopic (exact) mass is 389 g/mol. The summed E-state index contributed by atoms with van der Waals surface area (Å²) in [5.41, 5.74) is 1.07. The number of hydrogen-bond acceptors (Lipinski definition) is 5. The zero-order chi connectivity index (χ0) is 19.9. The Labute approximate surface area is 166 Å². The number of methoxy groups -OCH3 is 2. The van der Waals surface area contributed by atoms with Gasteiger partial charge in [-0.1, -0.05) is 6.07 Å². The number of hydrogen-bond donors (Lipinski definition) is 2. The topological polar surface area (TPSA) is 79.9 Å². The molecule has 2 aliphatic rings. The van der Waals surface area contributed by atoms with Gasteiger partial charge < -0.3 is 25.0 Å². The summed E-state index contributed by atoms with van der Waals surface area (Å²) in [4.78, 5) is 26.5. The van der Waals surface area contributed by atoms with Crippen LogP contribution >= 0.6 is 0 Å². The van der Waals surface area contributed by atoms with Gasteiger partial charge in [0.05, 0.1) is 20.1 Å². The second-order valence-electron chi connectivity index (χ2n) is 7.62. The predicted molar refractivity (Wildman–Crippen MR) is 107 cm³/mol. The molecule has 0 aliphatic carbocycles. The lowest BCUT2D eigenvalue weighted by Gasteiger charge is -2.17. The molecule has 0 radical (unpaired) electrons. The zero-order valence-electron chi connectivity index (χ0n) is 16.8. The van der Waals surface area contributed by atoms with Crippen LogP contribution in [-0.2, 0) is 16.0 Å². The third kappa shape index (κ3) is 5.16. The van der Waals surface area contributed by atoms with Crippen molar-refractivity contribution in [2.24, 2.45) is 11.8 Å². The highest BCUT2D eigenvalue weighted by Crippen LogP contribution is 2.28. The van der Waals surface area contributed by atoms with E-state index < -0.39 is 0 Å². The van der Waals surface area contributed by atoms with Crippen LogP contribution in [0.25, 0.3) is 0 Å². The molecule has 0 bridgehead atoms. The Morgan fingerprint density at radius 1 is 1.29 bits per heavy atom. The maximum absolute atomic E-state index is 12.4. The van der Waals surface area contributed by atoms with Gasteiger partial charge in [-0.2, -0.15) is 0 Å². The number of carbonyl (C=O) groups excluding carboxylic acids is 2. The largest absolute Gasteiger partial charge is 0.493 e. The van der Waals surface area contributed by atoms with Gasteiger partial charge in [0.1, 0.15) is 0 Å². The molecule has 2 unspecified atom stereocenters. The summed E-state index contributed by atoms with van der Waals surface area (Å²) in [5, 5.41) is 6.36. The minimum absolute atomic E-state index is 0.00734. The molecule has 2 fully saturated rings. The van der Waals surface area contributed by atoms with Crippen molar-refractivity contribution in [3.63, 3.8) is 0 Å². The number of amides is 2. The first-order valence-corrected chi connectivity index (χ1v) is 10.1. The lowest BCUT2D eigenvalue weighted by molar-refractivity contribution is -0.129. The Morgan fingerprint density at radius 2 is 2.11 bits per heavy atom. The van der Waals surface area contributed by atoms with Crippen LogP contribution in [0.3, 0.4) is 0 Å². The van der Waals surface area contributed by atoms with Gasteiger partial charge in [-0.05, 0) is 56.0 Å². The molecule has 0 spiro atoms. The van der Waals surface area contributed by atoms with E-state index in [9.17, 15) is 9.59 Å². The van der Waals surface area contributed by atoms with E-state index >= 15 is 0 Å². The van der Waals surface area contributed by atoms with Crippen molar-refractivity contribution in [1.82, 2.24) is 15.5 Å². The SMILES string of the molecule is COc1ccc(CCN2CC(C(=O)NCCC3CCNC3)CC2=O)cc1OC. The summed E-state index contributed by atoms with van der Waals surface area (Å²) in [5.74, 6) is 1.85. The average Bonchev–Trinajstić information content (AvgIpc) is 3.35. The van der Waals surface area contributed by atoms with E-state index in [1.54, 1.807) is 19.1 Å². The van der Waals surface area contributed by atoms with Gasteiger partial charge in [-0.3, -0.25) is 9.59 Å². The Balaban J connectivity index is 1.44. The van der Waals surface area contributed by atoms with Gasteiger partial charge in [-0.25, -0.2) is 0 Å². The molecule has 154 valence electrons. The molecule has 3 rings (SSSR count). The van der Waals surface area contributed by atoms with E-state index in [0.717, 1.165) is 31.5 Å². The van der Waals surface area contributed by atoms with Crippen molar-refractivity contribution >= 4 is 11.8 Å². The highest BCUT2D eigenvalue weighted by molar-refractivity contribution is 5.89. The molecule has 1 aromatic carbocycles. The van der Waals surface area contributed by atoms with Crippen LogP contribution in [0.15, 0.2) is 18.2 Å². The van der Waals surface area contributed by atoms with E-state index in [-0.39, 0.29) is 17.7 Å². The highest BCUT2D eigenvalue weighted by Gasteiger charge is 2.33. The van der Waals surface area contributed by atoms with Crippen molar-refractivity contribution in [2.45, 2.75) is 25.7 Å². The Kier molecular flexibility index (Phi) is 7.14. The number of nitrogens with zero attached hydrogens (tertiary/aromatic N) is 1. The molecule has 2 N–H and O–H groups in total. The van der Waals surface area contributed by atoms with E-state index in [1.165, 1.54) is 6.42 Å². The molecule has 0 aromatic heterocycles. The van der Waals surface area contributed by atoms with Crippen molar-refractivity contribution in [3.05, 3.63) is 23.8 Å². The second kappa shape index (κ2) is 9.78. The Morgan fingerprint density at radius 3 is 2.82 bits per heavy atom. The van der Waals surface area contributed by atoms with Crippen LogP contribution < -0.4 is 20.1 Å². The predicted octanol–water partition coefficient (Wildman–Crippen LogP) is 1.21. The zero-order valence-corrected chi connectivity index (χ0v) is 16.8. The highest BCUT2D eigenvalue weighted by atomic mass is 16.5. The lowest BCUT2D eigenvalue weighted by atomic mass is 10.0. The van der Waals surface area contributed by atoms with Crippen molar-refractivity contribution in [3.8, 4) is 11.5 Å². The second-order valence-corrected chi connectivity index (χ2v) is 7.62. The molecule has 2 atom stereocenters. The minimum atomic E-state index is -0.236. The van der Waals surface area contributed by atoms with Crippen LogP contribution in [0.2, 0.25) is 0 Å². The standard InChI is InChI=1S/C21H31N3O4/c1-27-18-4-3-15(11-19(18)28-2)7-10-24-14-17(12-20(24)25)21(26)23-9-6-16-5-8-22-13-16/h3-4,11,16-17,22H,5-10,12-14H2,1-2H3,(H,23,26). The molecule has 28 heavy (non-hydrogen) atoms. The molecule has 2 heterocycles. The molecule has 2 aliphatic heterocycles. The molecule has 2 amide bonds. The first-order valence-electron chi connectivity index (χ1n) is 10.1. The maximum Gasteiger partial charge on any atom is 0.225 e. The van der Waals surface area contributed by atoms with Gasteiger partial charge in [0.2, 0.25) is 11.8 Å². The number of nitrogens with one attached hydrogen (secondary N) is 2. The van der Waals surface area contributed by atoms with Crippen LogP contribution in [0, 0.1) is 11.8 Å². The third-order valence-electron chi connectivity index (χ3n) is 5.72. The number of benzene rings is 1. The molecule has 7 heteroatoms. The number of rotatable bonds is 9. The summed E-state index contributed by atoms with van der Waals surface area (Å²) in [6.07, 6.45) is 3.21. The number of ether oxygens (including phenoxy) is 2. The Hall–Kier alpha value is -2.28. The average molecular weight is 389 g/mol. The molecular formula is C21H31N3O4. The Bertz CT molecular complexity index is 688. The van der Waals surface area contributed by atoms with E-state index in [4.69, 9.17) is 9.47 Å². The maximum atomic E-state index is 12.4. The fourth-order valence-corrected chi connectivity index (χ4v) is 3.97. The van der Waals surface area contributed by atoms with Gasteiger partial charge >= 0.3 is 0 Å². The molecular weight excluding hydrogens is 358 g/mol. The van der Waals surface area contributed by atoms with Crippen LogP contribution in [0.4, 0.5) is 0 Å². The van der Waals surface area contributed by atoms with Gasteiger partial charge in [0.15, 0.2) is 11.5 Å². The summed E-state index contributed by atoms with van der Waals surface area (Å²) >= 11 is 0. The van der Waals surface area contributed by atoms with Gasteiger partial charge in [0, 0.05) is 26.1 Å². The van der Waals surface area contributed by atoms with E-state index in [0.29, 0.717) is 43.5 Å². The smallest absolute Gasteiger partial charge is 0.225 e. The molecule has 2 saturated heterocycles.